The summed E-state index contributed by atoms with van der Waals surface area (Å²) in [5, 5.41) is 0. The predicted molar refractivity (Wildman–Crippen MR) is 91.2 cm³/mol. The van der Waals surface area contributed by atoms with E-state index in [1.807, 2.05) is 22.6 Å². The highest BCUT2D eigenvalue weighted by molar-refractivity contribution is 5.96. The molecule has 0 saturated carbocycles. The van der Waals surface area contributed by atoms with Gasteiger partial charge in [-0.05, 0) is 37.2 Å². The molecule has 0 N–H and O–H groups in total. The molecule has 23 heavy (non-hydrogen) atoms. The third-order valence-corrected chi connectivity index (χ3v) is 4.76. The Labute approximate surface area is 137 Å². The number of aryl methyl sites for hydroxylation is 1. The molecule has 1 aliphatic rings. The minimum Gasteiger partial charge on any atom is -0.338 e. The lowest BCUT2D eigenvalue weighted by Gasteiger charge is -2.33. The van der Waals surface area contributed by atoms with E-state index in [4.69, 9.17) is 0 Å². The van der Waals surface area contributed by atoms with Gasteiger partial charge in [-0.2, -0.15) is 0 Å². The number of carbonyl (C=O) groups excluding carboxylic acids is 1. The molecule has 0 aliphatic carbocycles. The summed E-state index contributed by atoms with van der Waals surface area (Å²) in [6.45, 7) is 6.27. The van der Waals surface area contributed by atoms with Gasteiger partial charge < -0.3 is 9.47 Å². The number of rotatable bonds is 4. The van der Waals surface area contributed by atoms with Crippen LogP contribution in [-0.2, 0) is 7.05 Å². The Morgan fingerprint density at radius 1 is 1.39 bits per heavy atom. The lowest BCUT2D eigenvalue weighted by molar-refractivity contribution is 0.0664. The number of pyridine rings is 1. The maximum Gasteiger partial charge on any atom is 0.255 e. The zero-order valence-electron chi connectivity index (χ0n) is 14.3. The average Bonchev–Trinajstić information content (AvgIpc) is 2.93. The molecule has 1 atom stereocenters. The number of likely N-dealkylation sites (tertiary alicyclic amines) is 1. The number of carbonyl (C=O) groups is 1. The highest BCUT2D eigenvalue weighted by atomic mass is 16.2. The molecule has 2 aromatic rings. The predicted octanol–water partition coefficient (Wildman–Crippen LogP) is 3.26. The van der Waals surface area contributed by atoms with Crippen LogP contribution in [-0.4, -0.2) is 38.4 Å². The van der Waals surface area contributed by atoms with Gasteiger partial charge in [-0.1, -0.05) is 20.3 Å². The van der Waals surface area contributed by atoms with Crippen LogP contribution in [0.4, 0.5) is 0 Å². The monoisotopic (exact) mass is 314 g/mol. The summed E-state index contributed by atoms with van der Waals surface area (Å²) < 4.78 is 1.87. The largest absolute Gasteiger partial charge is 0.338 e. The first-order valence-electron chi connectivity index (χ1n) is 8.61. The molecule has 0 bridgehead atoms. The van der Waals surface area contributed by atoms with Gasteiger partial charge in [0.05, 0.1) is 11.9 Å². The Morgan fingerprint density at radius 3 is 3.00 bits per heavy atom. The van der Waals surface area contributed by atoms with Crippen molar-refractivity contribution in [2.75, 3.05) is 13.1 Å². The van der Waals surface area contributed by atoms with Crippen LogP contribution in [0.25, 0.3) is 11.2 Å². The molecule has 2 aromatic heterocycles. The van der Waals surface area contributed by atoms with E-state index in [1.165, 1.54) is 19.3 Å². The van der Waals surface area contributed by atoms with Crippen LogP contribution in [0.15, 0.2) is 18.6 Å². The Kier molecular flexibility index (Phi) is 4.64. The summed E-state index contributed by atoms with van der Waals surface area (Å²) in [5.74, 6) is 1.47. The number of nitrogens with zero attached hydrogens (tertiary/aromatic N) is 4. The first-order chi connectivity index (χ1) is 11.0. The average molecular weight is 314 g/mol. The van der Waals surface area contributed by atoms with E-state index in [2.05, 4.69) is 23.8 Å². The van der Waals surface area contributed by atoms with Gasteiger partial charge in [0.15, 0.2) is 5.65 Å². The van der Waals surface area contributed by atoms with Crippen molar-refractivity contribution in [2.24, 2.45) is 18.9 Å². The number of aromatic nitrogens is 3. The number of fused-ring (bicyclic) bond motifs is 1. The van der Waals surface area contributed by atoms with Crippen molar-refractivity contribution in [3.05, 3.63) is 24.2 Å². The first kappa shape index (κ1) is 16.0. The fourth-order valence-corrected chi connectivity index (χ4v) is 3.37. The van der Waals surface area contributed by atoms with E-state index in [0.717, 1.165) is 36.6 Å². The standard InChI is InChI=1S/C18H26N4O/c1-13(2)6-7-14-5-4-8-22(11-14)18(23)15-9-16-17(19-10-15)21(3)12-20-16/h9-10,12-14H,4-8,11H2,1-3H3/t14-/m1/s1. The van der Waals surface area contributed by atoms with Gasteiger partial charge >= 0.3 is 0 Å². The second-order valence-electron chi connectivity index (χ2n) is 7.15. The van der Waals surface area contributed by atoms with E-state index < -0.39 is 0 Å². The van der Waals surface area contributed by atoms with Crippen LogP contribution in [0.3, 0.4) is 0 Å². The summed E-state index contributed by atoms with van der Waals surface area (Å²) in [4.78, 5) is 23.5. The highest BCUT2D eigenvalue weighted by Crippen LogP contribution is 2.24. The summed E-state index contributed by atoms with van der Waals surface area (Å²) in [6, 6.07) is 1.86. The summed E-state index contributed by atoms with van der Waals surface area (Å²) in [5.41, 5.74) is 2.25. The summed E-state index contributed by atoms with van der Waals surface area (Å²) >= 11 is 0. The van der Waals surface area contributed by atoms with Gasteiger partial charge in [-0.15, -0.1) is 0 Å². The quantitative estimate of drug-likeness (QED) is 0.870. The van der Waals surface area contributed by atoms with Crippen LogP contribution >= 0.6 is 0 Å². The molecule has 1 aliphatic heterocycles. The number of imidazole rings is 1. The minimum absolute atomic E-state index is 0.0966. The van der Waals surface area contributed by atoms with Gasteiger partial charge in [-0.3, -0.25) is 4.79 Å². The van der Waals surface area contributed by atoms with Crippen LogP contribution in [0, 0.1) is 11.8 Å². The molecule has 5 nitrogen and oxygen atoms in total. The van der Waals surface area contributed by atoms with Crippen LogP contribution < -0.4 is 0 Å². The van der Waals surface area contributed by atoms with E-state index >= 15 is 0 Å². The SMILES string of the molecule is CC(C)CC[C@H]1CCCN(C(=O)c2cnc3c(c2)ncn3C)C1. The second-order valence-corrected chi connectivity index (χ2v) is 7.15. The topological polar surface area (TPSA) is 51.0 Å². The van der Waals surface area contributed by atoms with Crippen LogP contribution in [0.5, 0.6) is 0 Å². The smallest absolute Gasteiger partial charge is 0.255 e. The third-order valence-electron chi connectivity index (χ3n) is 4.76. The molecule has 0 spiro atoms. The zero-order chi connectivity index (χ0) is 16.4. The summed E-state index contributed by atoms with van der Waals surface area (Å²) in [6.07, 6.45) is 8.23. The van der Waals surface area contributed by atoms with Gasteiger partial charge in [0.1, 0.15) is 5.52 Å². The molecule has 0 unspecified atom stereocenters. The van der Waals surface area contributed by atoms with E-state index in [0.29, 0.717) is 11.5 Å². The van der Waals surface area contributed by atoms with E-state index in [9.17, 15) is 4.79 Å². The summed E-state index contributed by atoms with van der Waals surface area (Å²) in [7, 11) is 1.91. The number of amides is 1. The molecular weight excluding hydrogens is 288 g/mol. The van der Waals surface area contributed by atoms with Crippen molar-refractivity contribution in [3.8, 4) is 0 Å². The Morgan fingerprint density at radius 2 is 2.22 bits per heavy atom. The maximum atomic E-state index is 12.8. The number of hydrogen-bond acceptors (Lipinski definition) is 3. The highest BCUT2D eigenvalue weighted by Gasteiger charge is 2.25. The first-order valence-corrected chi connectivity index (χ1v) is 8.61. The van der Waals surface area contributed by atoms with Gasteiger partial charge in [-0.25, -0.2) is 9.97 Å². The maximum absolute atomic E-state index is 12.8. The van der Waals surface area contributed by atoms with Gasteiger partial charge in [0, 0.05) is 26.3 Å². The van der Waals surface area contributed by atoms with E-state index in [-0.39, 0.29) is 5.91 Å². The fraction of sp³-hybridized carbons (Fsp3) is 0.611. The van der Waals surface area contributed by atoms with Crippen molar-refractivity contribution in [1.82, 2.24) is 19.4 Å². The number of piperidine rings is 1. The minimum atomic E-state index is 0.0966. The fourth-order valence-electron chi connectivity index (χ4n) is 3.37. The van der Waals surface area contributed by atoms with Crippen molar-refractivity contribution >= 4 is 17.1 Å². The molecule has 3 rings (SSSR count). The molecule has 0 aromatic carbocycles. The Hall–Kier alpha value is -1.91. The van der Waals surface area contributed by atoms with Gasteiger partial charge in [0.25, 0.3) is 5.91 Å². The zero-order valence-corrected chi connectivity index (χ0v) is 14.3. The van der Waals surface area contributed by atoms with Crippen molar-refractivity contribution in [2.45, 2.75) is 39.5 Å². The molecule has 124 valence electrons. The molecule has 1 fully saturated rings. The third kappa shape index (κ3) is 3.54. The van der Waals surface area contributed by atoms with E-state index in [1.54, 1.807) is 12.5 Å². The molecule has 5 heteroatoms. The molecular formula is C18H26N4O. The Bertz CT molecular complexity index is 691. The van der Waals surface area contributed by atoms with Crippen molar-refractivity contribution in [3.63, 3.8) is 0 Å². The second kappa shape index (κ2) is 6.69. The van der Waals surface area contributed by atoms with Crippen LogP contribution in [0.2, 0.25) is 0 Å². The van der Waals surface area contributed by atoms with Crippen molar-refractivity contribution < 1.29 is 4.79 Å². The normalized spacial score (nSPS) is 18.8. The molecule has 3 heterocycles. The molecule has 1 amide bonds. The van der Waals surface area contributed by atoms with Gasteiger partial charge in [0.2, 0.25) is 0 Å². The molecule has 1 saturated heterocycles. The lowest BCUT2D eigenvalue weighted by atomic mass is 9.90. The van der Waals surface area contributed by atoms with Crippen molar-refractivity contribution in [1.29, 1.82) is 0 Å². The lowest BCUT2D eigenvalue weighted by Crippen LogP contribution is -2.40. The Balaban J connectivity index is 1.70. The van der Waals surface area contributed by atoms with Crippen LogP contribution in [0.1, 0.15) is 49.9 Å². The number of hydrogen-bond donors (Lipinski definition) is 0. The molecule has 0 radical (unpaired) electrons.